The first-order valence-electron chi connectivity index (χ1n) is 17.9. The first-order chi connectivity index (χ1) is 20.7. The third-order valence-electron chi connectivity index (χ3n) is 8.27. The molecule has 7 heteroatoms. The minimum Gasteiger partial charge on any atom is -0.356 e. The number of carbonyl (C=O) groups is 2. The summed E-state index contributed by atoms with van der Waals surface area (Å²) in [5.74, 6) is 0.228. The van der Waals surface area contributed by atoms with Gasteiger partial charge in [0.2, 0.25) is 11.8 Å². The molecule has 0 saturated carbocycles. The molecule has 0 spiro atoms. The van der Waals surface area contributed by atoms with E-state index in [1.165, 1.54) is 116 Å². The largest absolute Gasteiger partial charge is 0.356 e. The minimum absolute atomic E-state index is 0.114. The molecule has 0 fully saturated rings. The molecule has 42 heavy (non-hydrogen) atoms. The molecule has 3 N–H and O–H groups in total. The van der Waals surface area contributed by atoms with Crippen LogP contribution in [-0.4, -0.2) is 59.4 Å². The van der Waals surface area contributed by atoms with E-state index in [0.717, 1.165) is 44.6 Å². The summed E-state index contributed by atoms with van der Waals surface area (Å²) < 4.78 is 0. The standard InChI is InChI=1S/C35H67N5O2/c1-3-5-7-9-11-13-15-17-19-21-26-37-34(41)24-29-40(28-23-33-31-36-32-39-33)30-25-35(42)38-27-22-20-18-16-14-12-10-8-6-4-2/h31-32H,3-30H2,1-2H3,(H,36,39)(H,37,41)(H,38,42). The highest BCUT2D eigenvalue weighted by molar-refractivity contribution is 5.76. The van der Waals surface area contributed by atoms with Gasteiger partial charge in [-0.15, -0.1) is 0 Å². The van der Waals surface area contributed by atoms with Crippen molar-refractivity contribution in [1.29, 1.82) is 0 Å². The molecule has 244 valence electrons. The summed E-state index contributed by atoms with van der Waals surface area (Å²) in [7, 11) is 0. The van der Waals surface area contributed by atoms with Crippen LogP contribution in [0.4, 0.5) is 0 Å². The number of aromatic amines is 1. The first-order valence-corrected chi connectivity index (χ1v) is 17.9. The zero-order valence-electron chi connectivity index (χ0n) is 27.7. The number of aromatic nitrogens is 2. The van der Waals surface area contributed by atoms with Gasteiger partial charge in [-0.3, -0.25) is 9.59 Å². The van der Waals surface area contributed by atoms with Crippen LogP contribution in [0.1, 0.15) is 161 Å². The number of rotatable bonds is 31. The molecular formula is C35H67N5O2. The lowest BCUT2D eigenvalue weighted by Crippen LogP contribution is -2.35. The van der Waals surface area contributed by atoms with Gasteiger partial charge in [0.05, 0.1) is 6.33 Å². The summed E-state index contributed by atoms with van der Waals surface area (Å²) in [6.07, 6.45) is 31.3. The van der Waals surface area contributed by atoms with Gasteiger partial charge in [-0.05, 0) is 12.8 Å². The average molecular weight is 590 g/mol. The van der Waals surface area contributed by atoms with Crippen LogP contribution >= 0.6 is 0 Å². The predicted octanol–water partition coefficient (Wildman–Crippen LogP) is 8.11. The molecule has 0 aliphatic heterocycles. The van der Waals surface area contributed by atoms with E-state index < -0.39 is 0 Å². The number of hydrogen-bond donors (Lipinski definition) is 3. The minimum atomic E-state index is 0.114. The smallest absolute Gasteiger partial charge is 0.221 e. The Kier molecular flexibility index (Phi) is 26.5. The number of H-pyrrole nitrogens is 1. The van der Waals surface area contributed by atoms with Crippen LogP contribution in [0.15, 0.2) is 12.5 Å². The molecule has 0 bridgehead atoms. The van der Waals surface area contributed by atoms with Crippen LogP contribution in [0.2, 0.25) is 0 Å². The maximum atomic E-state index is 12.5. The molecule has 0 radical (unpaired) electrons. The van der Waals surface area contributed by atoms with Gasteiger partial charge in [0.1, 0.15) is 0 Å². The summed E-state index contributed by atoms with van der Waals surface area (Å²) in [5.41, 5.74) is 1.08. The van der Waals surface area contributed by atoms with Crippen molar-refractivity contribution in [3.63, 3.8) is 0 Å². The molecule has 0 atom stereocenters. The Balaban J connectivity index is 2.14. The highest BCUT2D eigenvalue weighted by Crippen LogP contribution is 2.11. The van der Waals surface area contributed by atoms with E-state index in [9.17, 15) is 9.59 Å². The molecule has 0 aliphatic rings. The Bertz CT molecular complexity index is 683. The number of imidazole rings is 1. The van der Waals surface area contributed by atoms with Crippen molar-refractivity contribution in [3.8, 4) is 0 Å². The fourth-order valence-electron chi connectivity index (χ4n) is 5.41. The van der Waals surface area contributed by atoms with Gasteiger partial charge in [-0.1, -0.05) is 129 Å². The highest BCUT2D eigenvalue weighted by Gasteiger charge is 2.11. The number of hydrogen-bond acceptors (Lipinski definition) is 4. The van der Waals surface area contributed by atoms with Crippen LogP contribution in [0.3, 0.4) is 0 Å². The molecule has 1 aromatic rings. The van der Waals surface area contributed by atoms with Gasteiger partial charge in [0.25, 0.3) is 0 Å². The van der Waals surface area contributed by atoms with Gasteiger partial charge in [-0.2, -0.15) is 0 Å². The lowest BCUT2D eigenvalue weighted by atomic mass is 10.1. The average Bonchev–Trinajstić information content (AvgIpc) is 3.52. The van der Waals surface area contributed by atoms with E-state index >= 15 is 0 Å². The predicted molar refractivity (Wildman–Crippen MR) is 178 cm³/mol. The summed E-state index contributed by atoms with van der Waals surface area (Å²) in [4.78, 5) is 34.4. The third kappa shape index (κ3) is 24.7. The van der Waals surface area contributed by atoms with Gasteiger partial charge in [0.15, 0.2) is 0 Å². The fourth-order valence-corrected chi connectivity index (χ4v) is 5.41. The van der Waals surface area contributed by atoms with Crippen molar-refractivity contribution in [1.82, 2.24) is 25.5 Å². The summed E-state index contributed by atoms with van der Waals surface area (Å²) in [6.45, 7) is 8.21. The van der Waals surface area contributed by atoms with Crippen LogP contribution in [0.25, 0.3) is 0 Å². The van der Waals surface area contributed by atoms with Crippen LogP contribution in [-0.2, 0) is 16.0 Å². The maximum absolute atomic E-state index is 12.5. The van der Waals surface area contributed by atoms with E-state index in [1.807, 2.05) is 6.20 Å². The summed E-state index contributed by atoms with van der Waals surface area (Å²) in [6, 6.07) is 0. The fraction of sp³-hybridized carbons (Fsp3) is 0.857. The Labute approximate surface area is 259 Å². The van der Waals surface area contributed by atoms with Crippen molar-refractivity contribution >= 4 is 11.8 Å². The number of nitrogens with zero attached hydrogens (tertiary/aromatic N) is 2. The Hall–Kier alpha value is -1.89. The van der Waals surface area contributed by atoms with E-state index in [-0.39, 0.29) is 11.8 Å². The van der Waals surface area contributed by atoms with Gasteiger partial charge < -0.3 is 20.5 Å². The molecule has 0 aliphatic carbocycles. The molecule has 1 heterocycles. The Morgan fingerprint density at radius 3 is 1.40 bits per heavy atom. The molecule has 1 rings (SSSR count). The molecule has 7 nitrogen and oxygen atoms in total. The first kappa shape index (κ1) is 38.1. The van der Waals surface area contributed by atoms with E-state index in [0.29, 0.717) is 25.9 Å². The van der Waals surface area contributed by atoms with Crippen molar-refractivity contribution in [2.24, 2.45) is 0 Å². The molecule has 1 aromatic heterocycles. The second-order valence-corrected chi connectivity index (χ2v) is 12.2. The van der Waals surface area contributed by atoms with Gasteiger partial charge in [0, 0.05) is 63.9 Å². The van der Waals surface area contributed by atoms with E-state index in [4.69, 9.17) is 0 Å². The summed E-state index contributed by atoms with van der Waals surface area (Å²) >= 11 is 0. The van der Waals surface area contributed by atoms with Crippen LogP contribution < -0.4 is 10.6 Å². The van der Waals surface area contributed by atoms with Crippen molar-refractivity contribution in [3.05, 3.63) is 18.2 Å². The van der Waals surface area contributed by atoms with E-state index in [2.05, 4.69) is 39.3 Å². The molecule has 0 saturated heterocycles. The summed E-state index contributed by atoms with van der Waals surface area (Å²) in [5, 5.41) is 6.20. The SMILES string of the molecule is CCCCCCCCCCCCNC(=O)CCN(CCC(=O)NCCCCCCCCCCCC)CCc1cnc[nH]1. The molecule has 0 aromatic carbocycles. The third-order valence-corrected chi connectivity index (χ3v) is 8.27. The van der Waals surface area contributed by atoms with Crippen molar-refractivity contribution < 1.29 is 9.59 Å². The van der Waals surface area contributed by atoms with Crippen molar-refractivity contribution in [2.45, 2.75) is 162 Å². The normalized spacial score (nSPS) is 11.3. The second-order valence-electron chi connectivity index (χ2n) is 12.2. The zero-order valence-corrected chi connectivity index (χ0v) is 27.7. The lowest BCUT2D eigenvalue weighted by molar-refractivity contribution is -0.121. The Morgan fingerprint density at radius 1 is 0.619 bits per heavy atom. The molecule has 2 amide bonds. The zero-order chi connectivity index (χ0) is 30.4. The second kappa shape index (κ2) is 29.2. The monoisotopic (exact) mass is 590 g/mol. The maximum Gasteiger partial charge on any atom is 0.221 e. The Morgan fingerprint density at radius 2 is 1.02 bits per heavy atom. The lowest BCUT2D eigenvalue weighted by Gasteiger charge is -2.21. The highest BCUT2D eigenvalue weighted by atomic mass is 16.2. The van der Waals surface area contributed by atoms with Crippen molar-refractivity contribution in [2.75, 3.05) is 32.7 Å². The number of carbonyl (C=O) groups excluding carboxylic acids is 2. The quantitative estimate of drug-likeness (QED) is 0.0763. The number of nitrogens with one attached hydrogen (secondary N) is 3. The van der Waals surface area contributed by atoms with Gasteiger partial charge in [-0.25, -0.2) is 4.98 Å². The topological polar surface area (TPSA) is 90.1 Å². The molecular weight excluding hydrogens is 522 g/mol. The van der Waals surface area contributed by atoms with Crippen LogP contribution in [0.5, 0.6) is 0 Å². The van der Waals surface area contributed by atoms with Crippen LogP contribution in [0, 0.1) is 0 Å². The number of amides is 2. The van der Waals surface area contributed by atoms with E-state index in [1.54, 1.807) is 6.33 Å². The van der Waals surface area contributed by atoms with Gasteiger partial charge >= 0.3 is 0 Å². The molecule has 0 unspecified atom stereocenters. The number of unbranched alkanes of at least 4 members (excludes halogenated alkanes) is 18.